The van der Waals surface area contributed by atoms with Gasteiger partial charge in [-0.05, 0) is 6.04 Å². The highest BCUT2D eigenvalue weighted by atomic mass is 35.5. The number of rotatable bonds is 5. The van der Waals surface area contributed by atoms with Crippen molar-refractivity contribution >= 4 is 44.6 Å². The molecule has 0 spiro atoms. The predicted octanol–water partition coefficient (Wildman–Crippen LogP) is 2.08. The highest BCUT2D eigenvalue weighted by molar-refractivity contribution is 6.44. The van der Waals surface area contributed by atoms with Crippen molar-refractivity contribution in [2.45, 2.75) is 10.9 Å². The molecule has 0 aromatic rings. The zero-order chi connectivity index (χ0) is 7.11. The lowest BCUT2D eigenvalue weighted by Crippen LogP contribution is -2.06. The van der Waals surface area contributed by atoms with Gasteiger partial charge in [-0.1, -0.05) is 0 Å². The van der Waals surface area contributed by atoms with E-state index in [-0.39, 0.29) is 0 Å². The van der Waals surface area contributed by atoms with Crippen molar-refractivity contribution in [3.8, 4) is 0 Å². The Bertz CT molecular complexity index is 61.8. The average Bonchev–Trinajstić information content (AvgIpc) is 1.80. The van der Waals surface area contributed by atoms with Crippen molar-refractivity contribution in [3.05, 3.63) is 0 Å². The summed E-state index contributed by atoms with van der Waals surface area (Å²) in [6.45, 7) is 0.401. The largest absolute Gasteiger partial charge is 0.415 e. The smallest absolute Gasteiger partial charge is 0.230 e. The van der Waals surface area contributed by atoms with Crippen LogP contribution in [0.4, 0.5) is 0 Å². The molecule has 9 heavy (non-hydrogen) atoms. The Labute approximate surface area is 72.6 Å². The Morgan fingerprint density at radius 2 is 2.11 bits per heavy atom. The summed E-state index contributed by atoms with van der Waals surface area (Å²) in [5.74, 6) is 0.633. The second kappa shape index (κ2) is 7.16. The lowest BCUT2D eigenvalue weighted by atomic mass is 10.9. The van der Waals surface area contributed by atoms with E-state index in [1.807, 2.05) is 0 Å². The summed E-state index contributed by atoms with van der Waals surface area (Å²) in [7, 11) is 0.424. The first-order valence-electron chi connectivity index (χ1n) is 2.46. The molecule has 54 valence electrons. The number of hydrogen-bond donors (Lipinski definition) is 0. The summed E-state index contributed by atoms with van der Waals surface area (Å²) >= 11 is 16.1. The summed E-state index contributed by atoms with van der Waals surface area (Å²) in [5, 5.41) is 0. The molecule has 2 radical (unpaired) electrons. The van der Waals surface area contributed by atoms with Crippen LogP contribution in [-0.4, -0.2) is 27.1 Å². The van der Waals surface area contributed by atoms with Gasteiger partial charge in [0.05, 0.1) is 6.61 Å². The second-order valence-electron chi connectivity index (χ2n) is 1.29. The first-order valence-corrected chi connectivity index (χ1v) is 4.98. The van der Waals surface area contributed by atoms with E-state index in [4.69, 9.17) is 39.2 Å². The normalized spacial score (nSPS) is 10.7. The molecule has 0 saturated carbocycles. The second-order valence-corrected chi connectivity index (χ2v) is 4.02. The summed E-state index contributed by atoms with van der Waals surface area (Å²) in [4.78, 5) is -0.409. The minimum absolute atomic E-state index is 0.401. The van der Waals surface area contributed by atoms with Crippen molar-refractivity contribution in [2.75, 3.05) is 12.5 Å². The van der Waals surface area contributed by atoms with Crippen molar-refractivity contribution in [3.63, 3.8) is 0 Å². The lowest BCUT2D eigenvalue weighted by Gasteiger charge is -1.99. The third-order valence-corrected chi connectivity index (χ3v) is 2.09. The Hall–Kier alpha value is 1.05. The van der Waals surface area contributed by atoms with Gasteiger partial charge in [0.15, 0.2) is 0 Å². The third kappa shape index (κ3) is 9.05. The van der Waals surface area contributed by atoms with Crippen LogP contribution in [-0.2, 0) is 4.43 Å². The van der Waals surface area contributed by atoms with Crippen LogP contribution in [0.25, 0.3) is 0 Å². The monoisotopic (exact) mass is 204 g/mol. The van der Waals surface area contributed by atoms with Crippen LogP contribution < -0.4 is 0 Å². The first-order chi connectivity index (χ1) is 4.27. The quantitative estimate of drug-likeness (QED) is 0.379. The Morgan fingerprint density at radius 1 is 1.44 bits per heavy atom. The van der Waals surface area contributed by atoms with E-state index < -0.39 is 4.84 Å². The van der Waals surface area contributed by atoms with Gasteiger partial charge in [0, 0.05) is 5.88 Å². The minimum atomic E-state index is -0.409. The molecule has 5 heteroatoms. The molecule has 0 unspecified atom stereocenters. The van der Waals surface area contributed by atoms with Gasteiger partial charge in [-0.15, -0.1) is 34.8 Å². The summed E-state index contributed by atoms with van der Waals surface area (Å²) < 4.78 is 5.01. The molecule has 0 aromatic heterocycles. The molecule has 0 aromatic carbocycles. The first kappa shape index (κ1) is 10.0. The molecule has 0 aliphatic heterocycles. The van der Waals surface area contributed by atoms with Crippen LogP contribution >= 0.6 is 34.8 Å². The molecule has 0 N–H and O–H groups in total. The molecule has 0 aliphatic rings. The molecule has 0 fully saturated rings. The molecule has 1 nitrogen and oxygen atoms in total. The van der Waals surface area contributed by atoms with E-state index in [1.54, 1.807) is 0 Å². The Kier molecular flexibility index (Phi) is 7.99. The SMILES string of the molecule is ClCC[Si]OCC(Cl)Cl. The third-order valence-electron chi connectivity index (χ3n) is 0.508. The van der Waals surface area contributed by atoms with E-state index >= 15 is 0 Å². The van der Waals surface area contributed by atoms with E-state index in [9.17, 15) is 0 Å². The molecule has 0 saturated heterocycles. The topological polar surface area (TPSA) is 9.23 Å². The highest BCUT2D eigenvalue weighted by Crippen LogP contribution is 2.00. The van der Waals surface area contributed by atoms with E-state index in [2.05, 4.69) is 0 Å². The predicted molar refractivity (Wildman–Crippen MR) is 42.7 cm³/mol. The van der Waals surface area contributed by atoms with E-state index in [1.165, 1.54) is 0 Å². The maximum absolute atomic E-state index is 5.38. The van der Waals surface area contributed by atoms with Crippen LogP contribution in [0.2, 0.25) is 6.04 Å². The van der Waals surface area contributed by atoms with Crippen molar-refractivity contribution in [2.24, 2.45) is 0 Å². The van der Waals surface area contributed by atoms with E-state index in [0.29, 0.717) is 22.3 Å². The van der Waals surface area contributed by atoms with Gasteiger partial charge in [0.2, 0.25) is 9.76 Å². The molecular formula is C4H7Cl3OSi. The number of hydrogen-bond acceptors (Lipinski definition) is 1. The van der Waals surface area contributed by atoms with Crippen molar-refractivity contribution in [1.82, 2.24) is 0 Å². The van der Waals surface area contributed by atoms with Gasteiger partial charge in [0.1, 0.15) is 4.84 Å². The number of alkyl halides is 3. The van der Waals surface area contributed by atoms with E-state index in [0.717, 1.165) is 6.04 Å². The molecular weight excluding hydrogens is 198 g/mol. The van der Waals surface area contributed by atoms with Crippen LogP contribution in [0.1, 0.15) is 0 Å². The maximum atomic E-state index is 5.38. The maximum Gasteiger partial charge on any atom is 0.230 e. The van der Waals surface area contributed by atoms with Crippen molar-refractivity contribution < 1.29 is 4.43 Å². The van der Waals surface area contributed by atoms with Crippen LogP contribution in [0.5, 0.6) is 0 Å². The summed E-state index contributed by atoms with van der Waals surface area (Å²) in [6, 6.07) is 0.877. The molecule has 0 amide bonds. The fraction of sp³-hybridized carbons (Fsp3) is 1.00. The summed E-state index contributed by atoms with van der Waals surface area (Å²) in [5.41, 5.74) is 0. The highest BCUT2D eigenvalue weighted by Gasteiger charge is 1.97. The fourth-order valence-electron chi connectivity index (χ4n) is 0.233. The fourth-order valence-corrected chi connectivity index (χ4v) is 1.31. The number of halogens is 3. The zero-order valence-electron chi connectivity index (χ0n) is 4.74. The van der Waals surface area contributed by atoms with Crippen LogP contribution in [0, 0.1) is 0 Å². The lowest BCUT2D eigenvalue weighted by molar-refractivity contribution is 0.354. The molecule has 0 bridgehead atoms. The van der Waals surface area contributed by atoms with Gasteiger partial charge in [-0.3, -0.25) is 0 Å². The van der Waals surface area contributed by atoms with Gasteiger partial charge in [-0.2, -0.15) is 0 Å². The zero-order valence-corrected chi connectivity index (χ0v) is 8.01. The van der Waals surface area contributed by atoms with Gasteiger partial charge in [-0.25, -0.2) is 0 Å². The Morgan fingerprint density at radius 3 is 2.56 bits per heavy atom. The van der Waals surface area contributed by atoms with Gasteiger partial charge in [0.25, 0.3) is 0 Å². The van der Waals surface area contributed by atoms with Crippen LogP contribution in [0.3, 0.4) is 0 Å². The molecule has 0 rings (SSSR count). The van der Waals surface area contributed by atoms with Gasteiger partial charge >= 0.3 is 0 Å². The molecule has 0 heterocycles. The van der Waals surface area contributed by atoms with Crippen LogP contribution in [0.15, 0.2) is 0 Å². The minimum Gasteiger partial charge on any atom is -0.415 e. The van der Waals surface area contributed by atoms with Gasteiger partial charge < -0.3 is 4.43 Å². The molecule has 0 aliphatic carbocycles. The average molecular weight is 206 g/mol. The standard InChI is InChI=1S/C4H7Cl3OSi/c5-1-2-9-8-3-4(6)7/h4H,1-3H2. The Balaban J connectivity index is 2.75. The molecule has 0 atom stereocenters. The van der Waals surface area contributed by atoms with Crippen molar-refractivity contribution in [1.29, 1.82) is 0 Å². The summed E-state index contributed by atoms with van der Waals surface area (Å²) in [6.07, 6.45) is 0.